The molecular weight excluding hydrogens is 360 g/mol. The molecule has 1 aromatic carbocycles. The number of carbonyl (C=O) groups is 1. The number of ether oxygens (including phenoxy) is 3. The second-order valence-corrected chi connectivity index (χ2v) is 6.56. The average molecular weight is 386 g/mol. The number of aryl methyl sites for hydroxylation is 1. The van der Waals surface area contributed by atoms with Crippen LogP contribution in [0.25, 0.3) is 0 Å². The van der Waals surface area contributed by atoms with Crippen molar-refractivity contribution in [3.63, 3.8) is 0 Å². The Morgan fingerprint density at radius 3 is 2.61 bits per heavy atom. The summed E-state index contributed by atoms with van der Waals surface area (Å²) in [6.45, 7) is 1.54. The summed E-state index contributed by atoms with van der Waals surface area (Å²) in [5.41, 5.74) is 0.993. The lowest BCUT2D eigenvalue weighted by Crippen LogP contribution is -2.19. The molecule has 2 N–H and O–H groups in total. The van der Waals surface area contributed by atoms with E-state index >= 15 is 0 Å². The summed E-state index contributed by atoms with van der Waals surface area (Å²) in [6, 6.07) is 9.16. The molecule has 0 radical (unpaired) electrons. The molecule has 28 heavy (non-hydrogen) atoms. The van der Waals surface area contributed by atoms with Gasteiger partial charge in [0.05, 0.1) is 20.3 Å². The van der Waals surface area contributed by atoms with Crippen molar-refractivity contribution >= 4 is 17.5 Å². The Morgan fingerprint density at radius 2 is 1.93 bits per heavy atom. The van der Waals surface area contributed by atoms with Crippen molar-refractivity contribution in [3.05, 3.63) is 35.9 Å². The molecule has 0 saturated carbocycles. The van der Waals surface area contributed by atoms with Crippen molar-refractivity contribution in [1.29, 1.82) is 0 Å². The molecule has 1 saturated heterocycles. The van der Waals surface area contributed by atoms with Crippen LogP contribution in [-0.4, -0.2) is 49.6 Å². The van der Waals surface area contributed by atoms with E-state index < -0.39 is 0 Å². The Balaban J connectivity index is 1.45. The second kappa shape index (κ2) is 9.89. The highest BCUT2D eigenvalue weighted by molar-refractivity contribution is 5.89. The molecule has 0 spiro atoms. The Bertz CT molecular complexity index is 776. The van der Waals surface area contributed by atoms with Gasteiger partial charge < -0.3 is 24.8 Å². The molecule has 150 valence electrons. The number of benzene rings is 1. The van der Waals surface area contributed by atoms with E-state index in [1.54, 1.807) is 26.4 Å². The topological polar surface area (TPSA) is 94.6 Å². The predicted octanol–water partition coefficient (Wildman–Crippen LogP) is 2.66. The zero-order valence-electron chi connectivity index (χ0n) is 16.2. The van der Waals surface area contributed by atoms with Crippen LogP contribution in [0, 0.1) is 0 Å². The lowest BCUT2D eigenvalue weighted by molar-refractivity contribution is -0.116. The number of anilines is 2. The Hall–Kier alpha value is -2.87. The molecule has 8 nitrogen and oxygen atoms in total. The quantitative estimate of drug-likeness (QED) is 0.684. The predicted molar refractivity (Wildman–Crippen MR) is 106 cm³/mol. The van der Waals surface area contributed by atoms with E-state index in [-0.39, 0.29) is 12.0 Å². The summed E-state index contributed by atoms with van der Waals surface area (Å²) >= 11 is 0. The number of hydrogen-bond acceptors (Lipinski definition) is 7. The van der Waals surface area contributed by atoms with E-state index in [1.165, 1.54) is 0 Å². The molecule has 1 atom stereocenters. The van der Waals surface area contributed by atoms with Crippen molar-refractivity contribution in [2.75, 3.05) is 38.0 Å². The van der Waals surface area contributed by atoms with Crippen LogP contribution in [0.15, 0.2) is 30.3 Å². The number of nitrogens with zero attached hydrogens (tertiary/aromatic N) is 2. The Morgan fingerprint density at radius 1 is 1.14 bits per heavy atom. The molecule has 1 aromatic heterocycles. The minimum absolute atomic E-state index is 0.121. The summed E-state index contributed by atoms with van der Waals surface area (Å²) in [7, 11) is 3.18. The van der Waals surface area contributed by atoms with E-state index in [0.717, 1.165) is 25.0 Å². The molecule has 0 bridgehead atoms. The maximum Gasteiger partial charge on any atom is 0.225 e. The van der Waals surface area contributed by atoms with E-state index in [4.69, 9.17) is 14.2 Å². The highest BCUT2D eigenvalue weighted by atomic mass is 16.5. The van der Waals surface area contributed by atoms with E-state index in [1.807, 2.05) is 18.2 Å². The van der Waals surface area contributed by atoms with Gasteiger partial charge in [0.25, 0.3) is 0 Å². The van der Waals surface area contributed by atoms with Crippen LogP contribution in [0.5, 0.6) is 11.5 Å². The molecule has 3 rings (SSSR count). The van der Waals surface area contributed by atoms with Gasteiger partial charge in [-0.1, -0.05) is 6.07 Å². The lowest BCUT2D eigenvalue weighted by Gasteiger charge is -2.11. The first-order valence-corrected chi connectivity index (χ1v) is 9.38. The fourth-order valence-corrected chi connectivity index (χ4v) is 3.02. The highest BCUT2D eigenvalue weighted by Gasteiger charge is 2.15. The van der Waals surface area contributed by atoms with Gasteiger partial charge in [0, 0.05) is 19.6 Å². The molecular formula is C20H26N4O4. The minimum Gasteiger partial charge on any atom is -0.493 e. The van der Waals surface area contributed by atoms with Gasteiger partial charge in [-0.05, 0) is 49.1 Å². The van der Waals surface area contributed by atoms with Gasteiger partial charge >= 0.3 is 0 Å². The van der Waals surface area contributed by atoms with Crippen molar-refractivity contribution in [3.8, 4) is 11.5 Å². The number of rotatable bonds is 9. The van der Waals surface area contributed by atoms with E-state index in [2.05, 4.69) is 20.8 Å². The first-order chi connectivity index (χ1) is 13.7. The summed E-state index contributed by atoms with van der Waals surface area (Å²) in [6.07, 6.45) is 3.32. The van der Waals surface area contributed by atoms with Gasteiger partial charge in [-0.25, -0.2) is 0 Å². The third-order valence-corrected chi connectivity index (χ3v) is 4.56. The summed E-state index contributed by atoms with van der Waals surface area (Å²) in [5.74, 6) is 2.29. The van der Waals surface area contributed by atoms with Crippen molar-refractivity contribution in [1.82, 2.24) is 10.2 Å². The molecule has 2 heterocycles. The fraction of sp³-hybridized carbons (Fsp3) is 0.450. The van der Waals surface area contributed by atoms with Gasteiger partial charge in [0.2, 0.25) is 5.91 Å². The second-order valence-electron chi connectivity index (χ2n) is 6.56. The Labute approximate surface area is 164 Å². The third-order valence-electron chi connectivity index (χ3n) is 4.56. The Kier molecular flexibility index (Phi) is 7.02. The number of amides is 1. The maximum absolute atomic E-state index is 12.2. The summed E-state index contributed by atoms with van der Waals surface area (Å²) < 4.78 is 16.1. The van der Waals surface area contributed by atoms with Crippen molar-refractivity contribution < 1.29 is 19.0 Å². The minimum atomic E-state index is -0.121. The monoisotopic (exact) mass is 386 g/mol. The van der Waals surface area contributed by atoms with Gasteiger partial charge in [0.1, 0.15) is 5.82 Å². The molecule has 1 aliphatic heterocycles. The van der Waals surface area contributed by atoms with E-state index in [0.29, 0.717) is 42.5 Å². The molecule has 1 amide bonds. The average Bonchev–Trinajstić information content (AvgIpc) is 3.25. The largest absolute Gasteiger partial charge is 0.493 e. The molecule has 1 aliphatic rings. The van der Waals surface area contributed by atoms with Gasteiger partial charge in [-0.3, -0.25) is 4.79 Å². The molecule has 8 heteroatoms. The van der Waals surface area contributed by atoms with Gasteiger partial charge in [-0.15, -0.1) is 10.2 Å². The van der Waals surface area contributed by atoms with Gasteiger partial charge in [-0.2, -0.15) is 0 Å². The standard InChI is InChI=1S/C20H26N4O4/c1-26-16-7-5-14(12-17(16)27-2)6-10-20(25)22-19-9-8-18(23-24-19)21-13-15-4-3-11-28-15/h5,7-9,12,15H,3-4,6,10-11,13H2,1-2H3,(H,21,23)(H,22,24,25). The molecule has 0 aliphatic carbocycles. The zero-order chi connectivity index (χ0) is 19.8. The van der Waals surface area contributed by atoms with Crippen molar-refractivity contribution in [2.45, 2.75) is 31.8 Å². The fourth-order valence-electron chi connectivity index (χ4n) is 3.02. The number of methoxy groups -OCH3 is 2. The lowest BCUT2D eigenvalue weighted by atomic mass is 10.1. The molecule has 2 aromatic rings. The van der Waals surface area contributed by atoms with Crippen LogP contribution >= 0.6 is 0 Å². The number of nitrogens with one attached hydrogen (secondary N) is 2. The smallest absolute Gasteiger partial charge is 0.225 e. The normalized spacial score (nSPS) is 15.9. The van der Waals surface area contributed by atoms with Crippen LogP contribution < -0.4 is 20.1 Å². The van der Waals surface area contributed by atoms with Crippen LogP contribution in [0.4, 0.5) is 11.6 Å². The molecule has 1 fully saturated rings. The maximum atomic E-state index is 12.2. The number of aromatic nitrogens is 2. The van der Waals surface area contributed by atoms with Crippen LogP contribution in [0.2, 0.25) is 0 Å². The van der Waals surface area contributed by atoms with Gasteiger partial charge in [0.15, 0.2) is 17.3 Å². The first kappa shape index (κ1) is 19.9. The van der Waals surface area contributed by atoms with Crippen molar-refractivity contribution in [2.24, 2.45) is 0 Å². The number of carbonyl (C=O) groups excluding carboxylic acids is 1. The highest BCUT2D eigenvalue weighted by Crippen LogP contribution is 2.28. The summed E-state index contributed by atoms with van der Waals surface area (Å²) in [4.78, 5) is 12.2. The van der Waals surface area contributed by atoms with Crippen LogP contribution in [-0.2, 0) is 16.0 Å². The molecule has 1 unspecified atom stereocenters. The van der Waals surface area contributed by atoms with Crippen LogP contribution in [0.3, 0.4) is 0 Å². The summed E-state index contributed by atoms with van der Waals surface area (Å²) in [5, 5.41) is 14.1. The van der Waals surface area contributed by atoms with E-state index in [9.17, 15) is 4.79 Å². The number of hydrogen-bond donors (Lipinski definition) is 2. The zero-order valence-corrected chi connectivity index (χ0v) is 16.2. The third kappa shape index (κ3) is 5.56. The van der Waals surface area contributed by atoms with Crippen LogP contribution in [0.1, 0.15) is 24.8 Å². The first-order valence-electron chi connectivity index (χ1n) is 9.38. The SMILES string of the molecule is COc1ccc(CCC(=O)Nc2ccc(NCC3CCCO3)nn2)cc1OC.